The van der Waals surface area contributed by atoms with Crippen molar-refractivity contribution in [3.63, 3.8) is 0 Å². The van der Waals surface area contributed by atoms with Gasteiger partial charge in [0, 0.05) is 44.4 Å². The van der Waals surface area contributed by atoms with Gasteiger partial charge in [-0.1, -0.05) is 23.7 Å². The van der Waals surface area contributed by atoms with Crippen LogP contribution in [0.4, 0.5) is 4.79 Å². The summed E-state index contributed by atoms with van der Waals surface area (Å²) in [6.07, 6.45) is 7.89. The number of fused-ring (bicyclic) bond motifs is 2. The lowest BCUT2D eigenvalue weighted by Gasteiger charge is -2.40. The van der Waals surface area contributed by atoms with Crippen LogP contribution in [0.25, 0.3) is 11.6 Å². The van der Waals surface area contributed by atoms with Gasteiger partial charge in [0.1, 0.15) is 5.60 Å². The number of ether oxygens (including phenoxy) is 1. The van der Waals surface area contributed by atoms with Gasteiger partial charge in [-0.3, -0.25) is 9.88 Å². The number of hydrogen-bond donors (Lipinski definition) is 1. The van der Waals surface area contributed by atoms with E-state index in [2.05, 4.69) is 14.6 Å². The molecular weight excluding hydrogens is 564 g/mol. The Morgan fingerprint density at radius 1 is 1.17 bits per heavy atom. The lowest BCUT2D eigenvalue weighted by atomic mass is 9.90. The van der Waals surface area contributed by atoms with Crippen molar-refractivity contribution in [1.29, 1.82) is 0 Å². The topological polar surface area (TPSA) is 110 Å². The maximum Gasteiger partial charge on any atom is 0.410 e. The number of sulfonamides is 1. The van der Waals surface area contributed by atoms with Gasteiger partial charge in [-0.15, -0.1) is 0 Å². The monoisotopic (exact) mass is 598 g/mol. The molecule has 0 spiro atoms. The molecule has 2 atom stereocenters. The smallest absolute Gasteiger partial charge is 0.410 e. The zero-order valence-corrected chi connectivity index (χ0v) is 25.4. The summed E-state index contributed by atoms with van der Waals surface area (Å²) in [5, 5.41) is 0.533. The first kappa shape index (κ1) is 29.2. The van der Waals surface area contributed by atoms with Crippen molar-refractivity contribution in [2.24, 2.45) is 7.05 Å². The SMILES string of the molecule is Cn1cncc1C(NS(C)(=O)=O)C1=Cc2cccnc2[C@@H](N2CCN(C(=O)OC(C)(C)C)CC2)c2ccc(Cl)cc21. The third kappa shape index (κ3) is 6.48. The molecule has 0 bridgehead atoms. The number of aryl methyl sites for hydroxylation is 1. The van der Waals surface area contributed by atoms with Crippen molar-refractivity contribution in [1.82, 2.24) is 29.1 Å². The number of halogens is 1. The number of aromatic nitrogens is 3. The fourth-order valence-electron chi connectivity index (χ4n) is 5.43. The fourth-order valence-corrected chi connectivity index (χ4v) is 6.28. The summed E-state index contributed by atoms with van der Waals surface area (Å²) in [4.78, 5) is 25.9. The number of hydrogen-bond acceptors (Lipinski definition) is 7. The van der Waals surface area contributed by atoms with E-state index >= 15 is 0 Å². The van der Waals surface area contributed by atoms with Crippen molar-refractivity contribution in [3.8, 4) is 0 Å². The molecule has 12 heteroatoms. The predicted molar refractivity (Wildman–Crippen MR) is 159 cm³/mol. The molecule has 3 aromatic rings. The second-order valence-corrected chi connectivity index (χ2v) is 13.7. The highest BCUT2D eigenvalue weighted by atomic mass is 35.5. The molecule has 5 rings (SSSR count). The van der Waals surface area contributed by atoms with Crippen molar-refractivity contribution in [2.75, 3.05) is 32.4 Å². The number of rotatable bonds is 5. The van der Waals surface area contributed by atoms with Crippen LogP contribution in [0.5, 0.6) is 0 Å². The zero-order valence-electron chi connectivity index (χ0n) is 23.8. The Bertz CT molecular complexity index is 1590. The summed E-state index contributed by atoms with van der Waals surface area (Å²) in [5.74, 6) is 0. The first-order valence-corrected chi connectivity index (χ1v) is 15.7. The van der Waals surface area contributed by atoms with Crippen LogP contribution in [-0.2, 0) is 21.8 Å². The van der Waals surface area contributed by atoms with Gasteiger partial charge < -0.3 is 14.2 Å². The molecule has 1 aliphatic heterocycles. The van der Waals surface area contributed by atoms with Crippen LogP contribution in [0.2, 0.25) is 5.02 Å². The van der Waals surface area contributed by atoms with E-state index in [0.717, 1.165) is 34.2 Å². The first-order chi connectivity index (χ1) is 19.3. The zero-order chi connectivity index (χ0) is 29.5. The Kier molecular flexibility index (Phi) is 7.99. The summed E-state index contributed by atoms with van der Waals surface area (Å²) in [7, 11) is -1.79. The highest BCUT2D eigenvalue weighted by Gasteiger charge is 2.36. The highest BCUT2D eigenvalue weighted by molar-refractivity contribution is 7.88. The Labute approximate surface area is 246 Å². The Balaban J connectivity index is 1.60. The van der Waals surface area contributed by atoms with Gasteiger partial charge in [-0.25, -0.2) is 22.9 Å². The maximum atomic E-state index is 12.7. The Morgan fingerprint density at radius 3 is 2.54 bits per heavy atom. The average molecular weight is 599 g/mol. The number of imidazole rings is 1. The van der Waals surface area contributed by atoms with Gasteiger partial charge >= 0.3 is 6.09 Å². The maximum absolute atomic E-state index is 12.7. The minimum Gasteiger partial charge on any atom is -0.444 e. The number of carbonyl (C=O) groups excluding carboxylic acids is 1. The van der Waals surface area contributed by atoms with Crippen LogP contribution in [0.15, 0.2) is 49.1 Å². The summed E-state index contributed by atoms with van der Waals surface area (Å²) >= 11 is 6.57. The number of benzene rings is 1. The predicted octanol–water partition coefficient (Wildman–Crippen LogP) is 4.26. The quantitative estimate of drug-likeness (QED) is 0.467. The largest absolute Gasteiger partial charge is 0.444 e. The molecular formula is C29H35ClN6O4S. The number of pyridine rings is 1. The normalized spacial score (nSPS) is 18.6. The number of amides is 1. The van der Waals surface area contributed by atoms with E-state index in [1.807, 2.05) is 64.2 Å². The molecule has 0 saturated carbocycles. The van der Waals surface area contributed by atoms with Crippen LogP contribution >= 0.6 is 11.6 Å². The summed E-state index contributed by atoms with van der Waals surface area (Å²) in [6, 6.07) is 8.59. The van der Waals surface area contributed by atoms with E-state index in [1.165, 1.54) is 0 Å². The van der Waals surface area contributed by atoms with Gasteiger partial charge in [-0.2, -0.15) is 0 Å². The highest BCUT2D eigenvalue weighted by Crippen LogP contribution is 2.44. The summed E-state index contributed by atoms with van der Waals surface area (Å²) < 4.78 is 35.5. The van der Waals surface area contributed by atoms with E-state index in [0.29, 0.717) is 36.9 Å². The van der Waals surface area contributed by atoms with Crippen LogP contribution in [-0.4, -0.2) is 76.9 Å². The first-order valence-electron chi connectivity index (χ1n) is 13.4. The molecule has 1 saturated heterocycles. The summed E-state index contributed by atoms with van der Waals surface area (Å²) in [6.45, 7) is 7.79. The Morgan fingerprint density at radius 2 is 1.90 bits per heavy atom. The lowest BCUT2D eigenvalue weighted by molar-refractivity contribution is 0.0118. The standard InChI is InChI=1S/C29H35ClN6O4S/c1-29(2,3)40-28(37)36-13-11-35(12-14-36)27-21-9-8-20(30)16-22(21)23(15-19-7-6-10-32-25(19)27)26(33-41(5,38)39)24-17-31-18-34(24)4/h6-10,15-18,26-27,33H,11-14H2,1-5H3/t26?,27-/m0/s1. The van der Waals surface area contributed by atoms with E-state index < -0.39 is 21.7 Å². The molecule has 2 aromatic heterocycles. The fraction of sp³-hybridized carbons (Fsp3) is 0.414. The third-order valence-corrected chi connectivity index (χ3v) is 8.08. The van der Waals surface area contributed by atoms with Gasteiger partial charge in [0.15, 0.2) is 0 Å². The molecule has 218 valence electrons. The second kappa shape index (κ2) is 11.2. The lowest BCUT2D eigenvalue weighted by Crippen LogP contribution is -2.51. The molecule has 1 aliphatic carbocycles. The van der Waals surface area contributed by atoms with Gasteiger partial charge in [0.2, 0.25) is 10.0 Å². The van der Waals surface area contributed by atoms with Crippen molar-refractivity contribution < 1.29 is 17.9 Å². The summed E-state index contributed by atoms with van der Waals surface area (Å²) in [5.41, 5.74) is 4.34. The van der Waals surface area contributed by atoms with Crippen molar-refractivity contribution in [2.45, 2.75) is 38.5 Å². The number of nitrogens with zero attached hydrogens (tertiary/aromatic N) is 5. The van der Waals surface area contributed by atoms with Crippen LogP contribution in [0.1, 0.15) is 60.9 Å². The molecule has 1 fully saturated rings. The average Bonchev–Trinajstić information content (AvgIpc) is 3.26. The molecule has 1 amide bonds. The number of nitrogens with one attached hydrogen (secondary N) is 1. The second-order valence-electron chi connectivity index (χ2n) is 11.5. The molecule has 1 unspecified atom stereocenters. The van der Waals surface area contributed by atoms with E-state index in [1.54, 1.807) is 28.2 Å². The van der Waals surface area contributed by atoms with Gasteiger partial charge in [-0.05, 0) is 67.3 Å². The van der Waals surface area contributed by atoms with Gasteiger partial charge in [0.25, 0.3) is 0 Å². The molecule has 10 nitrogen and oxygen atoms in total. The molecule has 41 heavy (non-hydrogen) atoms. The number of piperazine rings is 1. The molecule has 1 aromatic carbocycles. The minimum absolute atomic E-state index is 0.251. The molecule has 3 heterocycles. The van der Waals surface area contributed by atoms with E-state index in [-0.39, 0.29) is 12.1 Å². The molecule has 0 radical (unpaired) electrons. The number of carbonyl (C=O) groups is 1. The molecule has 2 aliphatic rings. The van der Waals surface area contributed by atoms with E-state index in [9.17, 15) is 13.2 Å². The minimum atomic E-state index is -3.62. The van der Waals surface area contributed by atoms with Crippen molar-refractivity contribution >= 4 is 39.4 Å². The van der Waals surface area contributed by atoms with Crippen LogP contribution < -0.4 is 4.72 Å². The molecule has 1 N–H and O–H groups in total. The van der Waals surface area contributed by atoms with Crippen molar-refractivity contribution in [3.05, 3.63) is 82.2 Å². The van der Waals surface area contributed by atoms with Crippen LogP contribution in [0.3, 0.4) is 0 Å². The third-order valence-electron chi connectivity index (χ3n) is 7.19. The van der Waals surface area contributed by atoms with Crippen LogP contribution in [0, 0.1) is 0 Å². The van der Waals surface area contributed by atoms with E-state index in [4.69, 9.17) is 21.3 Å². The Hall–Kier alpha value is -3.25. The van der Waals surface area contributed by atoms with Gasteiger partial charge in [0.05, 0.1) is 42.3 Å².